The third-order valence-electron chi connectivity index (χ3n) is 1.92. The highest BCUT2D eigenvalue weighted by Crippen LogP contribution is 2.17. The van der Waals surface area contributed by atoms with Gasteiger partial charge in [0.25, 0.3) is 0 Å². The summed E-state index contributed by atoms with van der Waals surface area (Å²) in [6, 6.07) is 7.42. The van der Waals surface area contributed by atoms with Crippen molar-refractivity contribution in [2.24, 2.45) is 0 Å². The molecule has 1 aromatic rings. The van der Waals surface area contributed by atoms with E-state index < -0.39 is 8.32 Å². The summed E-state index contributed by atoms with van der Waals surface area (Å²) in [5.41, 5.74) is 0.764. The monoisotopic (exact) mass is 222 g/mol. The fourth-order valence-electron chi connectivity index (χ4n) is 1.27. The molecule has 82 valence electrons. The van der Waals surface area contributed by atoms with E-state index in [1.165, 1.54) is 0 Å². The molecule has 0 aliphatic heterocycles. The molecule has 2 nitrogen and oxygen atoms in total. The zero-order chi connectivity index (χ0) is 11.5. The fourth-order valence-corrected chi connectivity index (χ4v) is 2.11. The van der Waals surface area contributed by atoms with Gasteiger partial charge in [-0.1, -0.05) is 6.92 Å². The van der Waals surface area contributed by atoms with Crippen LogP contribution in [0.1, 0.15) is 23.7 Å². The molecule has 0 radical (unpaired) electrons. The Kier molecular flexibility index (Phi) is 3.69. The second kappa shape index (κ2) is 4.62. The average molecular weight is 222 g/mol. The van der Waals surface area contributed by atoms with Crippen LogP contribution in [0.2, 0.25) is 19.6 Å². The number of carbonyl (C=O) groups is 1. The lowest BCUT2D eigenvalue weighted by atomic mass is 10.1. The van der Waals surface area contributed by atoms with Crippen molar-refractivity contribution in [1.29, 1.82) is 0 Å². The summed E-state index contributed by atoms with van der Waals surface area (Å²) >= 11 is 0. The van der Waals surface area contributed by atoms with E-state index in [1.807, 2.05) is 31.2 Å². The summed E-state index contributed by atoms with van der Waals surface area (Å²) in [4.78, 5) is 11.4. The number of hydrogen-bond acceptors (Lipinski definition) is 2. The first-order valence-corrected chi connectivity index (χ1v) is 8.65. The molecule has 0 N–H and O–H groups in total. The van der Waals surface area contributed by atoms with Crippen LogP contribution in [0.5, 0.6) is 5.75 Å². The molecule has 0 aliphatic rings. The molecule has 15 heavy (non-hydrogen) atoms. The minimum atomic E-state index is -1.54. The fraction of sp³-hybridized carbons (Fsp3) is 0.417. The molecule has 0 amide bonds. The lowest BCUT2D eigenvalue weighted by Crippen LogP contribution is -2.29. The molecule has 0 unspecified atom stereocenters. The smallest absolute Gasteiger partial charge is 0.242 e. The molecular weight excluding hydrogens is 204 g/mol. The van der Waals surface area contributed by atoms with E-state index in [1.54, 1.807) is 0 Å². The van der Waals surface area contributed by atoms with Crippen molar-refractivity contribution in [3.63, 3.8) is 0 Å². The molecule has 0 saturated heterocycles. The van der Waals surface area contributed by atoms with E-state index in [2.05, 4.69) is 19.6 Å². The van der Waals surface area contributed by atoms with Crippen molar-refractivity contribution in [2.75, 3.05) is 0 Å². The Morgan fingerprint density at radius 1 is 1.20 bits per heavy atom. The minimum Gasteiger partial charge on any atom is -0.544 e. The van der Waals surface area contributed by atoms with Crippen molar-refractivity contribution in [3.05, 3.63) is 29.8 Å². The predicted molar refractivity (Wildman–Crippen MR) is 65.0 cm³/mol. The van der Waals surface area contributed by atoms with Crippen LogP contribution in [-0.2, 0) is 0 Å². The molecule has 0 spiro atoms. The third kappa shape index (κ3) is 3.87. The summed E-state index contributed by atoms with van der Waals surface area (Å²) in [6.45, 7) is 8.28. The van der Waals surface area contributed by atoms with Crippen LogP contribution in [0.3, 0.4) is 0 Å². The molecule has 1 aromatic carbocycles. The Hall–Kier alpha value is -1.09. The standard InChI is InChI=1S/C12H18O2Si/c1-5-12(13)10-6-8-11(9-7-10)14-15(2,3)4/h6-9H,5H2,1-4H3. The van der Waals surface area contributed by atoms with E-state index in [0.717, 1.165) is 11.3 Å². The van der Waals surface area contributed by atoms with Crippen LogP contribution in [0.4, 0.5) is 0 Å². The van der Waals surface area contributed by atoms with Crippen LogP contribution < -0.4 is 4.43 Å². The first-order chi connectivity index (χ1) is 6.92. The maximum Gasteiger partial charge on any atom is 0.242 e. The van der Waals surface area contributed by atoms with Gasteiger partial charge in [-0.25, -0.2) is 0 Å². The van der Waals surface area contributed by atoms with E-state index in [4.69, 9.17) is 4.43 Å². The highest BCUT2D eigenvalue weighted by molar-refractivity contribution is 6.70. The Morgan fingerprint density at radius 3 is 2.13 bits per heavy atom. The average Bonchev–Trinajstić information content (AvgIpc) is 2.15. The van der Waals surface area contributed by atoms with Gasteiger partial charge in [0.2, 0.25) is 8.32 Å². The van der Waals surface area contributed by atoms with Crippen molar-refractivity contribution in [1.82, 2.24) is 0 Å². The van der Waals surface area contributed by atoms with Gasteiger partial charge in [-0.2, -0.15) is 0 Å². The molecular formula is C12H18O2Si. The van der Waals surface area contributed by atoms with Crippen LogP contribution >= 0.6 is 0 Å². The van der Waals surface area contributed by atoms with E-state index >= 15 is 0 Å². The molecule has 0 saturated carbocycles. The lowest BCUT2D eigenvalue weighted by Gasteiger charge is -2.19. The maximum absolute atomic E-state index is 11.4. The lowest BCUT2D eigenvalue weighted by molar-refractivity contribution is 0.0988. The highest BCUT2D eigenvalue weighted by Gasteiger charge is 2.16. The first-order valence-electron chi connectivity index (χ1n) is 5.24. The van der Waals surface area contributed by atoms with E-state index in [0.29, 0.717) is 6.42 Å². The molecule has 0 aliphatic carbocycles. The van der Waals surface area contributed by atoms with E-state index in [-0.39, 0.29) is 5.78 Å². The van der Waals surface area contributed by atoms with E-state index in [9.17, 15) is 4.79 Å². The maximum atomic E-state index is 11.4. The van der Waals surface area contributed by atoms with Crippen LogP contribution in [0.15, 0.2) is 24.3 Å². The van der Waals surface area contributed by atoms with Gasteiger partial charge < -0.3 is 4.43 Å². The normalized spacial score (nSPS) is 11.2. The summed E-state index contributed by atoms with van der Waals surface area (Å²) < 4.78 is 5.80. The van der Waals surface area contributed by atoms with Crippen LogP contribution in [0.25, 0.3) is 0 Å². The van der Waals surface area contributed by atoms with Crippen molar-refractivity contribution < 1.29 is 9.22 Å². The second-order valence-electron chi connectivity index (χ2n) is 4.52. The SMILES string of the molecule is CCC(=O)c1ccc(O[Si](C)(C)C)cc1. The Morgan fingerprint density at radius 2 is 1.73 bits per heavy atom. The minimum absolute atomic E-state index is 0.176. The van der Waals surface area contributed by atoms with Gasteiger partial charge >= 0.3 is 0 Å². The summed E-state index contributed by atoms with van der Waals surface area (Å²) in [6.07, 6.45) is 0.550. The Labute approximate surface area is 92.4 Å². The molecule has 0 fully saturated rings. The topological polar surface area (TPSA) is 26.3 Å². The highest BCUT2D eigenvalue weighted by atomic mass is 28.4. The quantitative estimate of drug-likeness (QED) is 0.576. The van der Waals surface area contributed by atoms with Crippen molar-refractivity contribution in [3.8, 4) is 5.75 Å². The summed E-state index contributed by atoms with van der Waals surface area (Å²) in [7, 11) is -1.54. The van der Waals surface area contributed by atoms with Gasteiger partial charge in [0, 0.05) is 12.0 Å². The molecule has 1 rings (SSSR count). The van der Waals surface area contributed by atoms with Gasteiger partial charge in [-0.15, -0.1) is 0 Å². The number of hydrogen-bond donors (Lipinski definition) is 0. The van der Waals surface area contributed by atoms with Gasteiger partial charge in [-0.3, -0.25) is 4.79 Å². The number of rotatable bonds is 4. The molecule has 3 heteroatoms. The first kappa shape index (κ1) is 12.0. The summed E-state index contributed by atoms with van der Waals surface area (Å²) in [5.74, 6) is 1.04. The third-order valence-corrected chi connectivity index (χ3v) is 2.77. The van der Waals surface area contributed by atoms with Crippen molar-refractivity contribution in [2.45, 2.75) is 33.0 Å². The molecule has 0 atom stereocenters. The van der Waals surface area contributed by atoms with Gasteiger partial charge in [0.15, 0.2) is 5.78 Å². The van der Waals surface area contributed by atoms with Crippen LogP contribution in [-0.4, -0.2) is 14.1 Å². The molecule has 0 heterocycles. The Bertz CT molecular complexity index is 336. The predicted octanol–water partition coefficient (Wildman–Crippen LogP) is 3.49. The number of Topliss-reactive ketones (excluding diaryl/α,β-unsaturated/α-hetero) is 1. The summed E-state index contributed by atoms with van der Waals surface area (Å²) in [5, 5.41) is 0. The molecule has 0 aromatic heterocycles. The molecule has 0 bridgehead atoms. The van der Waals surface area contributed by atoms with Crippen LogP contribution in [0, 0.1) is 0 Å². The largest absolute Gasteiger partial charge is 0.544 e. The number of carbonyl (C=O) groups excluding carboxylic acids is 1. The zero-order valence-corrected chi connectivity index (χ0v) is 10.8. The van der Waals surface area contributed by atoms with Crippen molar-refractivity contribution >= 4 is 14.1 Å². The zero-order valence-electron chi connectivity index (χ0n) is 9.83. The second-order valence-corrected chi connectivity index (χ2v) is 8.94. The van der Waals surface area contributed by atoms with Gasteiger partial charge in [0.05, 0.1) is 0 Å². The Balaban J connectivity index is 2.77. The number of ketones is 1. The number of benzene rings is 1. The van der Waals surface area contributed by atoms with Gasteiger partial charge in [-0.05, 0) is 43.9 Å². The van der Waals surface area contributed by atoms with Gasteiger partial charge in [0.1, 0.15) is 5.75 Å².